The van der Waals surface area contributed by atoms with E-state index in [9.17, 15) is 4.79 Å². The van der Waals surface area contributed by atoms with Crippen molar-refractivity contribution in [3.63, 3.8) is 0 Å². The van der Waals surface area contributed by atoms with Crippen molar-refractivity contribution in [2.24, 2.45) is 0 Å². The van der Waals surface area contributed by atoms with Crippen LogP contribution in [0.5, 0.6) is 5.75 Å². The number of nitrogens with zero attached hydrogens (tertiary/aromatic N) is 1. The molecule has 1 amide bonds. The Kier molecular flexibility index (Phi) is 3.50. The molecular formula is C19H18N2O2. The first kappa shape index (κ1) is 13.9. The van der Waals surface area contributed by atoms with E-state index >= 15 is 0 Å². The van der Waals surface area contributed by atoms with Gasteiger partial charge in [0.2, 0.25) is 0 Å². The zero-order valence-corrected chi connectivity index (χ0v) is 12.8. The molecule has 4 nitrogen and oxygen atoms in total. The van der Waals surface area contributed by atoms with Crippen LogP contribution in [-0.2, 0) is 17.8 Å². The molecule has 1 aromatic heterocycles. The van der Waals surface area contributed by atoms with Gasteiger partial charge < -0.3 is 14.6 Å². The second-order valence-corrected chi connectivity index (χ2v) is 5.79. The average Bonchev–Trinajstić information content (AvgIpc) is 2.98. The summed E-state index contributed by atoms with van der Waals surface area (Å²) < 4.78 is 5.57. The van der Waals surface area contributed by atoms with Gasteiger partial charge in [-0.05, 0) is 30.2 Å². The standard InChI is InChI=1S/C19H18N2O2/c22-19(13-23-14-6-2-1-3-7-14)21-11-10-16-15-8-4-5-9-17(15)20-18(16)12-21/h1-9,20H,10-13H2. The normalized spacial score (nSPS) is 13.8. The van der Waals surface area contributed by atoms with Crippen molar-refractivity contribution < 1.29 is 9.53 Å². The first-order valence-electron chi connectivity index (χ1n) is 7.85. The maximum atomic E-state index is 12.4. The first-order valence-corrected chi connectivity index (χ1v) is 7.85. The number of rotatable bonds is 3. The Hall–Kier alpha value is -2.75. The SMILES string of the molecule is O=C(COc1ccccc1)N1CCc2c([nH]c3ccccc23)C1. The number of hydrogen-bond acceptors (Lipinski definition) is 2. The van der Waals surface area contributed by atoms with Gasteiger partial charge in [0, 0.05) is 23.1 Å². The van der Waals surface area contributed by atoms with Gasteiger partial charge in [-0.3, -0.25) is 4.79 Å². The van der Waals surface area contributed by atoms with Crippen LogP contribution in [-0.4, -0.2) is 28.9 Å². The summed E-state index contributed by atoms with van der Waals surface area (Å²) in [7, 11) is 0. The fraction of sp³-hybridized carbons (Fsp3) is 0.211. The first-order chi connectivity index (χ1) is 11.3. The second kappa shape index (κ2) is 5.80. The number of aromatic amines is 1. The number of carbonyl (C=O) groups excluding carboxylic acids is 1. The van der Waals surface area contributed by atoms with Crippen molar-refractivity contribution in [3.8, 4) is 5.75 Å². The van der Waals surface area contributed by atoms with Crippen LogP contribution in [0.1, 0.15) is 11.3 Å². The Bertz CT molecular complexity index is 839. The summed E-state index contributed by atoms with van der Waals surface area (Å²) in [6.07, 6.45) is 0.885. The predicted molar refractivity (Wildman–Crippen MR) is 89.4 cm³/mol. The van der Waals surface area contributed by atoms with Gasteiger partial charge in [0.25, 0.3) is 5.91 Å². The molecule has 0 spiro atoms. The largest absolute Gasteiger partial charge is 0.484 e. The van der Waals surface area contributed by atoms with Gasteiger partial charge in [0.1, 0.15) is 5.75 Å². The molecule has 4 rings (SSSR count). The van der Waals surface area contributed by atoms with Gasteiger partial charge in [-0.1, -0.05) is 36.4 Å². The Morgan fingerprint density at radius 3 is 2.74 bits per heavy atom. The Morgan fingerprint density at radius 1 is 1.09 bits per heavy atom. The lowest BCUT2D eigenvalue weighted by atomic mass is 10.0. The fourth-order valence-corrected chi connectivity index (χ4v) is 3.16. The molecule has 0 saturated carbocycles. The smallest absolute Gasteiger partial charge is 0.260 e. The van der Waals surface area contributed by atoms with E-state index in [4.69, 9.17) is 4.74 Å². The highest BCUT2D eigenvalue weighted by molar-refractivity contribution is 5.85. The fourth-order valence-electron chi connectivity index (χ4n) is 3.16. The van der Waals surface area contributed by atoms with Gasteiger partial charge >= 0.3 is 0 Å². The minimum Gasteiger partial charge on any atom is -0.484 e. The molecule has 0 aliphatic carbocycles. The monoisotopic (exact) mass is 306 g/mol. The molecule has 3 aromatic rings. The Morgan fingerprint density at radius 2 is 1.87 bits per heavy atom. The van der Waals surface area contributed by atoms with Gasteiger partial charge in [-0.2, -0.15) is 0 Å². The number of fused-ring (bicyclic) bond motifs is 3. The number of amides is 1. The maximum absolute atomic E-state index is 12.4. The molecule has 0 fully saturated rings. The number of hydrogen-bond donors (Lipinski definition) is 1. The van der Waals surface area contributed by atoms with Crippen LogP contribution in [0.4, 0.5) is 0 Å². The number of nitrogens with one attached hydrogen (secondary N) is 1. The lowest BCUT2D eigenvalue weighted by Crippen LogP contribution is -2.38. The molecule has 0 bridgehead atoms. The summed E-state index contributed by atoms with van der Waals surface area (Å²) >= 11 is 0. The van der Waals surface area contributed by atoms with Crippen LogP contribution in [0.15, 0.2) is 54.6 Å². The molecule has 0 saturated heterocycles. The van der Waals surface area contributed by atoms with Crippen LogP contribution in [0.2, 0.25) is 0 Å². The predicted octanol–water partition coefficient (Wildman–Crippen LogP) is 3.13. The number of ether oxygens (including phenoxy) is 1. The van der Waals surface area contributed by atoms with Crippen LogP contribution in [0.25, 0.3) is 10.9 Å². The number of benzene rings is 2. The summed E-state index contributed by atoms with van der Waals surface area (Å²) in [6.45, 7) is 1.45. The quantitative estimate of drug-likeness (QED) is 0.808. The average molecular weight is 306 g/mol. The highest BCUT2D eigenvalue weighted by Crippen LogP contribution is 2.27. The third-order valence-electron chi connectivity index (χ3n) is 4.34. The van der Waals surface area contributed by atoms with E-state index in [1.807, 2.05) is 41.3 Å². The molecule has 2 aromatic carbocycles. The highest BCUT2D eigenvalue weighted by Gasteiger charge is 2.23. The molecule has 1 aliphatic heterocycles. The van der Waals surface area contributed by atoms with Crippen LogP contribution >= 0.6 is 0 Å². The van der Waals surface area contributed by atoms with E-state index in [0.29, 0.717) is 6.54 Å². The number of carbonyl (C=O) groups is 1. The molecule has 116 valence electrons. The van der Waals surface area contributed by atoms with Gasteiger partial charge in [-0.25, -0.2) is 0 Å². The summed E-state index contributed by atoms with van der Waals surface area (Å²) in [5.41, 5.74) is 3.63. The van der Waals surface area contributed by atoms with E-state index in [-0.39, 0.29) is 12.5 Å². The molecule has 0 radical (unpaired) electrons. The number of para-hydroxylation sites is 2. The lowest BCUT2D eigenvalue weighted by molar-refractivity contribution is -0.134. The van der Waals surface area contributed by atoms with E-state index in [1.165, 1.54) is 10.9 Å². The van der Waals surface area contributed by atoms with Gasteiger partial charge in [0.05, 0.1) is 6.54 Å². The third-order valence-corrected chi connectivity index (χ3v) is 4.34. The zero-order chi connectivity index (χ0) is 15.6. The van der Waals surface area contributed by atoms with Crippen LogP contribution in [0.3, 0.4) is 0 Å². The number of H-pyrrole nitrogens is 1. The molecule has 4 heteroatoms. The molecule has 23 heavy (non-hydrogen) atoms. The topological polar surface area (TPSA) is 45.3 Å². The zero-order valence-electron chi connectivity index (χ0n) is 12.8. The summed E-state index contributed by atoms with van der Waals surface area (Å²) in [4.78, 5) is 17.7. The molecule has 1 aliphatic rings. The van der Waals surface area contributed by atoms with Crippen molar-refractivity contribution in [2.45, 2.75) is 13.0 Å². The Balaban J connectivity index is 1.46. The van der Waals surface area contributed by atoms with E-state index in [0.717, 1.165) is 29.9 Å². The molecule has 0 unspecified atom stereocenters. The molecular weight excluding hydrogens is 288 g/mol. The van der Waals surface area contributed by atoms with E-state index < -0.39 is 0 Å². The minimum atomic E-state index is 0.0261. The molecule has 1 N–H and O–H groups in total. The maximum Gasteiger partial charge on any atom is 0.260 e. The van der Waals surface area contributed by atoms with Crippen molar-refractivity contribution in [1.82, 2.24) is 9.88 Å². The summed E-state index contributed by atoms with van der Waals surface area (Å²) in [5.74, 6) is 0.752. The van der Waals surface area contributed by atoms with Crippen molar-refractivity contribution in [3.05, 3.63) is 65.9 Å². The van der Waals surface area contributed by atoms with Crippen LogP contribution < -0.4 is 4.74 Å². The summed E-state index contributed by atoms with van der Waals surface area (Å²) in [5, 5.41) is 1.27. The van der Waals surface area contributed by atoms with E-state index in [2.05, 4.69) is 23.2 Å². The van der Waals surface area contributed by atoms with E-state index in [1.54, 1.807) is 0 Å². The summed E-state index contributed by atoms with van der Waals surface area (Å²) in [6, 6.07) is 17.8. The van der Waals surface area contributed by atoms with Crippen molar-refractivity contribution >= 4 is 16.8 Å². The van der Waals surface area contributed by atoms with Crippen molar-refractivity contribution in [1.29, 1.82) is 0 Å². The van der Waals surface area contributed by atoms with Crippen LogP contribution in [0, 0.1) is 0 Å². The molecule has 0 atom stereocenters. The lowest BCUT2D eigenvalue weighted by Gasteiger charge is -2.27. The second-order valence-electron chi connectivity index (χ2n) is 5.79. The number of aromatic nitrogens is 1. The Labute approximate surface area is 134 Å². The van der Waals surface area contributed by atoms with Gasteiger partial charge in [0.15, 0.2) is 6.61 Å². The minimum absolute atomic E-state index is 0.0261. The third kappa shape index (κ3) is 2.68. The van der Waals surface area contributed by atoms with Gasteiger partial charge in [-0.15, -0.1) is 0 Å². The van der Waals surface area contributed by atoms with Crippen molar-refractivity contribution in [2.75, 3.05) is 13.2 Å². The molecule has 2 heterocycles. The highest BCUT2D eigenvalue weighted by atomic mass is 16.5.